The average Bonchev–Trinajstić information content (AvgIpc) is 3.47. The highest BCUT2D eigenvalue weighted by Gasteiger charge is 2.19. The Morgan fingerprint density at radius 1 is 0.256 bits per heavy atom. The monoisotopic (exact) mass is 1150 g/mol. The summed E-state index contributed by atoms with van der Waals surface area (Å²) in [5.74, 6) is -0.962. The van der Waals surface area contributed by atoms with Gasteiger partial charge in [-0.3, -0.25) is 14.4 Å². The van der Waals surface area contributed by atoms with Gasteiger partial charge in [-0.2, -0.15) is 0 Å². The third kappa shape index (κ3) is 67.6. The van der Waals surface area contributed by atoms with Gasteiger partial charge in [-0.15, -0.1) is 0 Å². The van der Waals surface area contributed by atoms with E-state index in [9.17, 15) is 14.4 Å². The molecule has 0 spiro atoms. The maximum atomic E-state index is 12.9. The molecule has 0 aromatic carbocycles. The molecule has 0 aliphatic carbocycles. The summed E-state index contributed by atoms with van der Waals surface area (Å²) in [6.45, 7) is 6.51. The lowest BCUT2D eigenvalue weighted by atomic mass is 10.0. The summed E-state index contributed by atoms with van der Waals surface area (Å²) in [4.78, 5) is 38.4. The van der Waals surface area contributed by atoms with E-state index >= 15 is 0 Å². The van der Waals surface area contributed by atoms with Crippen molar-refractivity contribution in [3.63, 3.8) is 0 Å². The molecule has 0 aromatic rings. The molecule has 476 valence electrons. The minimum absolute atomic E-state index is 0.0947. The number of allylic oxidation sites excluding steroid dienone is 12. The first-order valence-corrected chi connectivity index (χ1v) is 35.9. The van der Waals surface area contributed by atoms with Crippen molar-refractivity contribution in [1.82, 2.24) is 0 Å². The average molecular weight is 1150 g/mol. The molecule has 0 aliphatic heterocycles. The zero-order chi connectivity index (χ0) is 59.2. The molecule has 0 fully saturated rings. The maximum Gasteiger partial charge on any atom is 0.306 e. The van der Waals surface area contributed by atoms with Crippen molar-refractivity contribution in [2.45, 2.75) is 380 Å². The fourth-order valence-corrected chi connectivity index (χ4v) is 10.6. The molecule has 0 rings (SSSR count). The molecule has 0 radical (unpaired) electrons. The maximum absolute atomic E-state index is 12.9. The largest absolute Gasteiger partial charge is 0.462 e. The predicted molar refractivity (Wildman–Crippen MR) is 358 cm³/mol. The van der Waals surface area contributed by atoms with Crippen LogP contribution in [0.1, 0.15) is 374 Å². The zero-order valence-corrected chi connectivity index (χ0v) is 54.8. The predicted octanol–water partition coefficient (Wildman–Crippen LogP) is 24.8. The minimum atomic E-state index is -0.806. The van der Waals surface area contributed by atoms with Gasteiger partial charge in [0.2, 0.25) is 0 Å². The quantitative estimate of drug-likeness (QED) is 0.0261. The van der Waals surface area contributed by atoms with Gasteiger partial charge in [0, 0.05) is 19.3 Å². The third-order valence-electron chi connectivity index (χ3n) is 16.0. The summed E-state index contributed by atoms with van der Waals surface area (Å²) in [6, 6.07) is 0. The number of hydrogen-bond donors (Lipinski definition) is 0. The summed E-state index contributed by atoms with van der Waals surface area (Å²) < 4.78 is 16.9. The molecule has 6 nitrogen and oxygen atoms in total. The first-order valence-electron chi connectivity index (χ1n) is 35.9. The Kier molecular flexibility index (Phi) is 67.6. The third-order valence-corrected chi connectivity index (χ3v) is 16.0. The summed E-state index contributed by atoms with van der Waals surface area (Å²) in [6.07, 6.45) is 92.5. The van der Waals surface area contributed by atoms with Crippen LogP contribution in [0, 0.1) is 0 Å². The van der Waals surface area contributed by atoms with Crippen LogP contribution in [0.2, 0.25) is 0 Å². The van der Waals surface area contributed by atoms with Crippen LogP contribution >= 0.6 is 0 Å². The van der Waals surface area contributed by atoms with Crippen LogP contribution in [0.5, 0.6) is 0 Å². The van der Waals surface area contributed by atoms with Crippen molar-refractivity contribution in [2.75, 3.05) is 13.2 Å². The Hall–Kier alpha value is -3.15. The van der Waals surface area contributed by atoms with Crippen molar-refractivity contribution in [3.8, 4) is 0 Å². The highest BCUT2D eigenvalue weighted by Crippen LogP contribution is 2.18. The first kappa shape index (κ1) is 78.8. The van der Waals surface area contributed by atoms with Gasteiger partial charge in [0.05, 0.1) is 0 Å². The SMILES string of the molecule is CC/C=C\C/C=C\C/C=C\C/C=C\CCC(=O)OCC(COC(=O)CCCCCCCCCCCCCCCCCCCCCCCCCCCCCC)OC(=O)CCCCCCCCCCCCC/C=C\C/C=C\CCCCCCC. The summed E-state index contributed by atoms with van der Waals surface area (Å²) in [5.41, 5.74) is 0. The number of ether oxygens (including phenoxy) is 3. The van der Waals surface area contributed by atoms with E-state index in [0.717, 1.165) is 70.6 Å². The number of carbonyl (C=O) groups is 3. The Bertz CT molecular complexity index is 1500. The first-order chi connectivity index (χ1) is 40.5. The molecule has 0 aromatic heterocycles. The molecular weight excluding hydrogens is 1010 g/mol. The van der Waals surface area contributed by atoms with Gasteiger partial charge in [0.1, 0.15) is 13.2 Å². The number of carbonyl (C=O) groups excluding carboxylic acids is 3. The van der Waals surface area contributed by atoms with E-state index in [1.807, 2.05) is 6.08 Å². The van der Waals surface area contributed by atoms with Crippen LogP contribution < -0.4 is 0 Å². The molecular formula is C76H136O6. The molecule has 0 saturated carbocycles. The second-order valence-electron chi connectivity index (χ2n) is 24.1. The van der Waals surface area contributed by atoms with E-state index in [1.165, 1.54) is 257 Å². The van der Waals surface area contributed by atoms with Gasteiger partial charge in [0.15, 0.2) is 6.10 Å². The van der Waals surface area contributed by atoms with Crippen LogP contribution in [0.15, 0.2) is 72.9 Å². The summed E-state index contributed by atoms with van der Waals surface area (Å²) in [7, 11) is 0. The number of unbranched alkanes of at least 4 members (excludes halogenated alkanes) is 43. The Balaban J connectivity index is 4.24. The highest BCUT2D eigenvalue weighted by atomic mass is 16.6. The smallest absolute Gasteiger partial charge is 0.306 e. The van der Waals surface area contributed by atoms with E-state index < -0.39 is 6.10 Å². The van der Waals surface area contributed by atoms with E-state index in [2.05, 4.69) is 87.6 Å². The Labute approximate surface area is 510 Å². The van der Waals surface area contributed by atoms with Gasteiger partial charge >= 0.3 is 17.9 Å². The molecule has 6 heteroatoms. The lowest BCUT2D eigenvalue weighted by molar-refractivity contribution is -0.166. The van der Waals surface area contributed by atoms with Crippen LogP contribution in [-0.2, 0) is 28.6 Å². The molecule has 0 saturated heterocycles. The van der Waals surface area contributed by atoms with Crippen molar-refractivity contribution < 1.29 is 28.6 Å². The standard InChI is InChI=1S/C76H136O6/c1-4-7-10-13-16-19-22-25-27-29-31-33-35-36-37-38-39-41-42-44-46-48-51-54-57-60-63-66-69-75(78)81-72-73(71-80-74(77)68-65-62-59-56-53-50-24-21-18-15-12-9-6-3)82-76(79)70-67-64-61-58-55-52-49-47-45-43-40-34-32-30-28-26-23-20-17-14-11-8-5-2/h9,12,18,21,23,26,30,32,50,53,59,62,73H,4-8,10-11,13-17,19-20,22,24-25,27-29,31,33-49,51-52,54-58,60-61,63-72H2,1-3H3/b12-9-,21-18-,26-23-,32-30-,53-50-,62-59-. The molecule has 1 atom stereocenters. The molecule has 1 unspecified atom stereocenters. The second kappa shape index (κ2) is 70.3. The normalized spacial score (nSPS) is 12.5. The van der Waals surface area contributed by atoms with Crippen LogP contribution in [0.25, 0.3) is 0 Å². The minimum Gasteiger partial charge on any atom is -0.462 e. The van der Waals surface area contributed by atoms with Crippen molar-refractivity contribution >= 4 is 17.9 Å². The van der Waals surface area contributed by atoms with Crippen molar-refractivity contribution in [3.05, 3.63) is 72.9 Å². The van der Waals surface area contributed by atoms with Crippen molar-refractivity contribution in [2.24, 2.45) is 0 Å². The van der Waals surface area contributed by atoms with E-state index in [-0.39, 0.29) is 37.5 Å². The van der Waals surface area contributed by atoms with E-state index in [0.29, 0.717) is 19.3 Å². The van der Waals surface area contributed by atoms with Gasteiger partial charge in [0.25, 0.3) is 0 Å². The fraction of sp³-hybridized carbons (Fsp3) is 0.803. The number of rotatable bonds is 66. The van der Waals surface area contributed by atoms with Gasteiger partial charge in [-0.1, -0.05) is 351 Å². The number of esters is 3. The molecule has 0 amide bonds. The Morgan fingerprint density at radius 2 is 0.500 bits per heavy atom. The topological polar surface area (TPSA) is 78.9 Å². The van der Waals surface area contributed by atoms with Crippen LogP contribution in [0.4, 0.5) is 0 Å². The molecule has 0 heterocycles. The summed E-state index contributed by atoms with van der Waals surface area (Å²) >= 11 is 0. The zero-order valence-electron chi connectivity index (χ0n) is 54.8. The van der Waals surface area contributed by atoms with Crippen LogP contribution in [0.3, 0.4) is 0 Å². The highest BCUT2D eigenvalue weighted by molar-refractivity contribution is 5.71. The van der Waals surface area contributed by atoms with Crippen LogP contribution in [-0.4, -0.2) is 37.2 Å². The summed E-state index contributed by atoms with van der Waals surface area (Å²) in [5, 5.41) is 0. The molecule has 0 N–H and O–H groups in total. The lowest BCUT2D eigenvalue weighted by Crippen LogP contribution is -2.30. The van der Waals surface area contributed by atoms with Gasteiger partial charge < -0.3 is 14.2 Å². The Morgan fingerprint density at radius 3 is 0.817 bits per heavy atom. The molecule has 82 heavy (non-hydrogen) atoms. The number of hydrogen-bond acceptors (Lipinski definition) is 6. The molecule has 0 bridgehead atoms. The fourth-order valence-electron chi connectivity index (χ4n) is 10.6. The van der Waals surface area contributed by atoms with E-state index in [1.54, 1.807) is 0 Å². The van der Waals surface area contributed by atoms with E-state index in [4.69, 9.17) is 14.2 Å². The van der Waals surface area contributed by atoms with Crippen molar-refractivity contribution in [1.29, 1.82) is 0 Å². The lowest BCUT2D eigenvalue weighted by Gasteiger charge is -2.18. The second-order valence-corrected chi connectivity index (χ2v) is 24.1. The van der Waals surface area contributed by atoms with Gasteiger partial charge in [-0.05, 0) is 77.0 Å². The molecule has 0 aliphatic rings. The van der Waals surface area contributed by atoms with Gasteiger partial charge in [-0.25, -0.2) is 0 Å².